The fourth-order valence-electron chi connectivity index (χ4n) is 3.50. The Morgan fingerprint density at radius 3 is 2.38 bits per heavy atom. The molecule has 0 saturated carbocycles. The third kappa shape index (κ3) is 5.04. The quantitative estimate of drug-likeness (QED) is 0.450. The molecule has 6 heteroatoms. The minimum absolute atomic E-state index is 0.202. The Labute approximate surface area is 187 Å². The molecule has 0 spiro atoms. The molecule has 1 heterocycles. The van der Waals surface area contributed by atoms with Crippen molar-refractivity contribution in [1.29, 1.82) is 0 Å². The van der Waals surface area contributed by atoms with Crippen molar-refractivity contribution in [2.75, 3.05) is 5.32 Å². The van der Waals surface area contributed by atoms with Crippen LogP contribution in [-0.2, 0) is 5.54 Å². The van der Waals surface area contributed by atoms with Crippen molar-refractivity contribution in [1.82, 2.24) is 10.7 Å². The molecule has 0 aliphatic carbocycles. The van der Waals surface area contributed by atoms with E-state index in [1.165, 1.54) is 12.1 Å². The molecule has 0 atom stereocenters. The van der Waals surface area contributed by atoms with Gasteiger partial charge in [0.1, 0.15) is 5.82 Å². The molecule has 162 valence electrons. The number of amides is 1. The lowest BCUT2D eigenvalue weighted by Crippen LogP contribution is -2.91. The number of benzene rings is 3. The second-order valence-corrected chi connectivity index (χ2v) is 8.15. The van der Waals surface area contributed by atoms with Crippen molar-refractivity contribution >= 4 is 17.3 Å². The highest BCUT2D eigenvalue weighted by atomic mass is 19.1. The molecule has 1 aliphatic rings. The smallest absolute Gasteiger partial charge is 0.252 e. The van der Waals surface area contributed by atoms with Gasteiger partial charge in [-0.2, -0.15) is 0 Å². The van der Waals surface area contributed by atoms with Gasteiger partial charge >= 0.3 is 0 Å². The fraction of sp³-hybridized carbons (Fsp3) is 0.115. The summed E-state index contributed by atoms with van der Waals surface area (Å²) < 4.78 is 13.2. The fourth-order valence-corrected chi connectivity index (χ4v) is 3.50. The zero-order valence-corrected chi connectivity index (χ0v) is 18.0. The molecule has 3 aromatic rings. The Morgan fingerprint density at radius 2 is 1.69 bits per heavy atom. The van der Waals surface area contributed by atoms with Crippen LogP contribution >= 0.6 is 0 Å². The summed E-state index contributed by atoms with van der Waals surface area (Å²) in [6.07, 6.45) is 4.00. The van der Waals surface area contributed by atoms with Gasteiger partial charge in [0.25, 0.3) is 5.91 Å². The van der Waals surface area contributed by atoms with Crippen molar-refractivity contribution in [2.45, 2.75) is 19.4 Å². The van der Waals surface area contributed by atoms with E-state index in [1.807, 2.05) is 61.8 Å². The lowest BCUT2D eigenvalue weighted by Gasteiger charge is -2.27. The number of halogens is 1. The normalized spacial score (nSPS) is 13.5. The molecule has 3 aromatic carbocycles. The zero-order valence-electron chi connectivity index (χ0n) is 18.0. The van der Waals surface area contributed by atoms with Gasteiger partial charge in [-0.1, -0.05) is 36.4 Å². The SMILES string of the molecule is CC(C)(NC(=O)c1cccc(NC2=CC=C(c3ccccc3)[NH2+]N2)c1)c1ccc(F)cc1. The van der Waals surface area contributed by atoms with Crippen LogP contribution in [0.5, 0.6) is 0 Å². The zero-order chi connectivity index (χ0) is 22.6. The van der Waals surface area contributed by atoms with Crippen molar-refractivity contribution < 1.29 is 14.6 Å². The molecule has 0 saturated heterocycles. The number of nitrogens with one attached hydrogen (secondary N) is 3. The first-order valence-corrected chi connectivity index (χ1v) is 10.4. The highest BCUT2D eigenvalue weighted by Crippen LogP contribution is 2.22. The summed E-state index contributed by atoms with van der Waals surface area (Å²) in [5.41, 5.74) is 8.94. The van der Waals surface area contributed by atoms with Crippen molar-refractivity contribution in [2.24, 2.45) is 0 Å². The maximum atomic E-state index is 13.2. The number of quaternary nitrogens is 1. The second kappa shape index (κ2) is 9.08. The first-order chi connectivity index (χ1) is 15.4. The van der Waals surface area contributed by atoms with Crippen molar-refractivity contribution in [3.05, 3.63) is 119 Å². The lowest BCUT2D eigenvalue weighted by molar-refractivity contribution is -0.618. The highest BCUT2D eigenvalue weighted by molar-refractivity contribution is 5.95. The van der Waals surface area contributed by atoms with Crippen LogP contribution < -0.4 is 21.5 Å². The Kier molecular flexibility index (Phi) is 6.05. The summed E-state index contributed by atoms with van der Waals surface area (Å²) in [5.74, 6) is 0.309. The van der Waals surface area contributed by atoms with E-state index in [2.05, 4.69) is 28.2 Å². The van der Waals surface area contributed by atoms with Crippen molar-refractivity contribution in [3.63, 3.8) is 0 Å². The number of nitrogens with two attached hydrogens (primary N) is 1. The van der Waals surface area contributed by atoms with Crippen LogP contribution in [0.2, 0.25) is 0 Å². The molecule has 0 bridgehead atoms. The van der Waals surface area contributed by atoms with Gasteiger partial charge in [-0.3, -0.25) is 4.79 Å². The van der Waals surface area contributed by atoms with E-state index in [0.29, 0.717) is 5.56 Å². The van der Waals surface area contributed by atoms with Crippen LogP contribution in [0.3, 0.4) is 0 Å². The number of rotatable bonds is 6. The summed E-state index contributed by atoms with van der Waals surface area (Å²) in [6.45, 7) is 3.78. The van der Waals surface area contributed by atoms with E-state index in [4.69, 9.17) is 0 Å². The summed E-state index contributed by atoms with van der Waals surface area (Å²) >= 11 is 0. The number of carbonyl (C=O) groups excluding carboxylic acids is 1. The van der Waals surface area contributed by atoms with Crippen molar-refractivity contribution in [3.8, 4) is 0 Å². The molecule has 0 radical (unpaired) electrons. The number of hydrogen-bond acceptors (Lipinski definition) is 3. The summed E-state index contributed by atoms with van der Waals surface area (Å²) in [4.78, 5) is 12.9. The molecule has 4 rings (SSSR count). The van der Waals surface area contributed by atoms with Gasteiger partial charge in [0.2, 0.25) is 0 Å². The van der Waals surface area contributed by atoms with E-state index in [0.717, 1.165) is 28.3 Å². The predicted molar refractivity (Wildman–Crippen MR) is 125 cm³/mol. The largest absolute Gasteiger partial charge is 0.343 e. The van der Waals surface area contributed by atoms with Crippen LogP contribution in [0.15, 0.2) is 96.8 Å². The first kappa shape index (κ1) is 21.3. The number of allylic oxidation sites excluding steroid dienone is 2. The van der Waals surface area contributed by atoms with Gasteiger partial charge in [0.15, 0.2) is 11.5 Å². The average molecular weight is 430 g/mol. The molecular weight excluding hydrogens is 403 g/mol. The van der Waals surface area contributed by atoms with Crippen LogP contribution in [0, 0.1) is 5.82 Å². The van der Waals surface area contributed by atoms with Gasteiger partial charge in [-0.25, -0.2) is 15.2 Å². The molecule has 0 aromatic heterocycles. The molecule has 1 amide bonds. The maximum Gasteiger partial charge on any atom is 0.252 e. The lowest BCUT2D eigenvalue weighted by atomic mass is 9.94. The Morgan fingerprint density at radius 1 is 0.938 bits per heavy atom. The summed E-state index contributed by atoms with van der Waals surface area (Å²) in [6, 6.07) is 23.6. The molecular formula is C26H26FN4O+. The number of carbonyl (C=O) groups is 1. The molecule has 0 fully saturated rings. The van der Waals surface area contributed by atoms with E-state index in [1.54, 1.807) is 24.3 Å². The minimum atomic E-state index is -0.644. The van der Waals surface area contributed by atoms with Gasteiger partial charge in [-0.15, -0.1) is 0 Å². The van der Waals surface area contributed by atoms with Gasteiger partial charge in [0, 0.05) is 22.9 Å². The third-order valence-electron chi connectivity index (χ3n) is 5.32. The van der Waals surface area contributed by atoms with E-state index < -0.39 is 5.54 Å². The van der Waals surface area contributed by atoms with Gasteiger partial charge in [-0.05, 0) is 68.0 Å². The Hall–Kier alpha value is -3.90. The average Bonchev–Trinajstić information content (AvgIpc) is 2.80. The molecule has 1 aliphatic heterocycles. The maximum absolute atomic E-state index is 13.2. The van der Waals surface area contributed by atoms with E-state index in [-0.39, 0.29) is 11.7 Å². The van der Waals surface area contributed by atoms with Gasteiger partial charge in [0.05, 0.1) is 5.54 Å². The van der Waals surface area contributed by atoms with Gasteiger partial charge < -0.3 is 10.6 Å². The second-order valence-electron chi connectivity index (χ2n) is 8.15. The highest BCUT2D eigenvalue weighted by Gasteiger charge is 2.23. The minimum Gasteiger partial charge on any atom is -0.343 e. The van der Waals surface area contributed by atoms with Crippen LogP contribution in [0.4, 0.5) is 10.1 Å². The molecule has 0 unspecified atom stereocenters. The molecule has 5 nitrogen and oxygen atoms in total. The molecule has 5 N–H and O–H groups in total. The summed E-state index contributed by atoms with van der Waals surface area (Å²) in [7, 11) is 0. The third-order valence-corrected chi connectivity index (χ3v) is 5.32. The van der Waals surface area contributed by atoms with Crippen LogP contribution in [-0.4, -0.2) is 5.91 Å². The monoisotopic (exact) mass is 429 g/mol. The van der Waals surface area contributed by atoms with E-state index >= 15 is 0 Å². The summed E-state index contributed by atoms with van der Waals surface area (Å²) in [5, 5.41) is 6.33. The molecule has 32 heavy (non-hydrogen) atoms. The standard InChI is InChI=1S/C26H25FN4O/c1-26(2,20-11-13-21(27)14-12-20)29-25(32)19-9-6-10-22(17-19)28-24-16-15-23(30-31-24)18-7-4-3-5-8-18/h3-17,28,30-31H,1-2H3,(H,29,32)/p+1. The number of anilines is 1. The Bertz CT molecular complexity index is 1170. The predicted octanol–water partition coefficient (Wildman–Crippen LogP) is 3.87. The van der Waals surface area contributed by atoms with Crippen LogP contribution in [0.1, 0.15) is 35.3 Å². The Balaban J connectivity index is 1.44. The van der Waals surface area contributed by atoms with Crippen LogP contribution in [0.25, 0.3) is 5.70 Å². The first-order valence-electron chi connectivity index (χ1n) is 10.4. The van der Waals surface area contributed by atoms with E-state index in [9.17, 15) is 9.18 Å². The topological polar surface area (TPSA) is 69.8 Å². The number of hydrogen-bond donors (Lipinski definition) is 4.